The van der Waals surface area contributed by atoms with Crippen molar-refractivity contribution in [1.82, 2.24) is 10.6 Å². The predicted octanol–water partition coefficient (Wildman–Crippen LogP) is 1.40. The number of aliphatic hydroxyl groups excluding tert-OH is 1. The maximum atomic E-state index is 13.2. The summed E-state index contributed by atoms with van der Waals surface area (Å²) in [6.07, 6.45) is 0.642. The molecule has 0 heterocycles. The molecule has 0 aliphatic carbocycles. The zero-order valence-corrected chi connectivity index (χ0v) is 9.74. The molecule has 1 aromatic carbocycles. The van der Waals surface area contributed by atoms with Gasteiger partial charge in [-0.25, -0.2) is 9.18 Å². The average molecular weight is 240 g/mol. The van der Waals surface area contributed by atoms with Crippen LogP contribution in [0.15, 0.2) is 24.3 Å². The Morgan fingerprint density at radius 3 is 2.76 bits per heavy atom. The summed E-state index contributed by atoms with van der Waals surface area (Å²) in [6, 6.07) is 5.58. The average Bonchev–Trinajstić information content (AvgIpc) is 2.35. The standard InChI is InChI=1S/C12H17FN2O2/c1-2-10(8-16)15-12(17)14-7-9-5-3-4-6-11(9)13/h3-6,10,16H,2,7-8H2,1H3,(H2,14,15,17). The van der Waals surface area contributed by atoms with Gasteiger partial charge in [-0.3, -0.25) is 0 Å². The molecule has 0 fully saturated rings. The van der Waals surface area contributed by atoms with Crippen molar-refractivity contribution in [2.45, 2.75) is 25.9 Å². The largest absolute Gasteiger partial charge is 0.394 e. The third-order valence-corrected chi connectivity index (χ3v) is 2.45. The number of benzene rings is 1. The summed E-state index contributed by atoms with van der Waals surface area (Å²) < 4.78 is 13.2. The number of urea groups is 1. The number of carbonyl (C=O) groups excluding carboxylic acids is 1. The van der Waals surface area contributed by atoms with E-state index in [0.29, 0.717) is 12.0 Å². The Morgan fingerprint density at radius 2 is 2.18 bits per heavy atom. The van der Waals surface area contributed by atoms with Gasteiger partial charge in [0.15, 0.2) is 0 Å². The highest BCUT2D eigenvalue weighted by Gasteiger charge is 2.09. The van der Waals surface area contributed by atoms with Crippen molar-refractivity contribution in [2.75, 3.05) is 6.61 Å². The summed E-state index contributed by atoms with van der Waals surface area (Å²) in [5.74, 6) is -0.345. The number of rotatable bonds is 5. The number of halogens is 1. The smallest absolute Gasteiger partial charge is 0.315 e. The van der Waals surface area contributed by atoms with E-state index in [1.165, 1.54) is 6.07 Å². The van der Waals surface area contributed by atoms with E-state index in [1.807, 2.05) is 6.92 Å². The van der Waals surface area contributed by atoms with Gasteiger partial charge in [0, 0.05) is 12.1 Å². The summed E-state index contributed by atoms with van der Waals surface area (Å²) in [6.45, 7) is 1.88. The van der Waals surface area contributed by atoms with Crippen LogP contribution in [0.1, 0.15) is 18.9 Å². The molecule has 0 aromatic heterocycles. The molecule has 0 saturated carbocycles. The van der Waals surface area contributed by atoms with Gasteiger partial charge < -0.3 is 15.7 Å². The summed E-state index contributed by atoms with van der Waals surface area (Å²) >= 11 is 0. The van der Waals surface area contributed by atoms with Gasteiger partial charge in [0.1, 0.15) is 5.82 Å². The summed E-state index contributed by atoms with van der Waals surface area (Å²) in [7, 11) is 0. The quantitative estimate of drug-likeness (QED) is 0.728. The second kappa shape index (κ2) is 6.85. The van der Waals surface area contributed by atoms with Crippen LogP contribution in [-0.2, 0) is 6.54 Å². The lowest BCUT2D eigenvalue weighted by Gasteiger charge is -2.14. The topological polar surface area (TPSA) is 61.4 Å². The van der Waals surface area contributed by atoms with Crippen LogP contribution in [-0.4, -0.2) is 23.8 Å². The molecule has 94 valence electrons. The molecule has 0 aliphatic rings. The number of nitrogens with one attached hydrogen (secondary N) is 2. The van der Waals surface area contributed by atoms with Gasteiger partial charge in [-0.15, -0.1) is 0 Å². The molecule has 0 aliphatic heterocycles. The zero-order valence-electron chi connectivity index (χ0n) is 9.74. The minimum absolute atomic E-state index is 0.108. The van der Waals surface area contributed by atoms with E-state index in [4.69, 9.17) is 5.11 Å². The third kappa shape index (κ3) is 4.40. The molecule has 1 atom stereocenters. The molecule has 2 amide bonds. The first kappa shape index (κ1) is 13.4. The van der Waals surface area contributed by atoms with Crippen LogP contribution in [0.2, 0.25) is 0 Å². The minimum Gasteiger partial charge on any atom is -0.394 e. The number of carbonyl (C=O) groups is 1. The SMILES string of the molecule is CCC(CO)NC(=O)NCc1ccccc1F. The van der Waals surface area contributed by atoms with Crippen LogP contribution in [0.4, 0.5) is 9.18 Å². The second-order valence-electron chi connectivity index (χ2n) is 3.71. The van der Waals surface area contributed by atoms with E-state index in [-0.39, 0.29) is 25.0 Å². The molecule has 4 nitrogen and oxygen atoms in total. The lowest BCUT2D eigenvalue weighted by Crippen LogP contribution is -2.43. The summed E-state index contributed by atoms with van der Waals surface area (Å²) in [5.41, 5.74) is 0.430. The normalized spacial score (nSPS) is 11.9. The van der Waals surface area contributed by atoms with Crippen molar-refractivity contribution in [2.24, 2.45) is 0 Å². The highest BCUT2D eigenvalue weighted by Crippen LogP contribution is 2.05. The fourth-order valence-corrected chi connectivity index (χ4v) is 1.33. The maximum Gasteiger partial charge on any atom is 0.315 e. The summed E-state index contributed by atoms with van der Waals surface area (Å²) in [5, 5.41) is 14.0. The molecule has 1 unspecified atom stereocenters. The molecular weight excluding hydrogens is 223 g/mol. The van der Waals surface area contributed by atoms with Gasteiger partial charge in [-0.2, -0.15) is 0 Å². The second-order valence-corrected chi connectivity index (χ2v) is 3.71. The predicted molar refractivity (Wildman–Crippen MR) is 62.9 cm³/mol. The number of aliphatic hydroxyl groups is 1. The van der Waals surface area contributed by atoms with Crippen LogP contribution >= 0.6 is 0 Å². The van der Waals surface area contributed by atoms with Crippen molar-refractivity contribution in [3.63, 3.8) is 0 Å². The third-order valence-electron chi connectivity index (χ3n) is 2.45. The summed E-state index contributed by atoms with van der Waals surface area (Å²) in [4.78, 5) is 11.4. The van der Waals surface area contributed by atoms with E-state index in [0.717, 1.165) is 0 Å². The Hall–Kier alpha value is -1.62. The van der Waals surface area contributed by atoms with E-state index in [1.54, 1.807) is 18.2 Å². The highest BCUT2D eigenvalue weighted by molar-refractivity contribution is 5.74. The molecule has 0 bridgehead atoms. The van der Waals surface area contributed by atoms with Crippen molar-refractivity contribution < 1.29 is 14.3 Å². The molecule has 17 heavy (non-hydrogen) atoms. The molecule has 0 saturated heterocycles. The fraction of sp³-hybridized carbons (Fsp3) is 0.417. The van der Waals surface area contributed by atoms with E-state index >= 15 is 0 Å². The first-order valence-corrected chi connectivity index (χ1v) is 5.56. The highest BCUT2D eigenvalue weighted by atomic mass is 19.1. The van der Waals surface area contributed by atoms with Gasteiger partial charge in [0.25, 0.3) is 0 Å². The Kier molecular flexibility index (Phi) is 5.42. The molecule has 0 radical (unpaired) electrons. The van der Waals surface area contributed by atoms with Crippen LogP contribution in [0.25, 0.3) is 0 Å². The Balaban J connectivity index is 2.41. The van der Waals surface area contributed by atoms with Crippen molar-refractivity contribution >= 4 is 6.03 Å². The van der Waals surface area contributed by atoms with Gasteiger partial charge in [-0.1, -0.05) is 25.1 Å². The van der Waals surface area contributed by atoms with Gasteiger partial charge in [0.05, 0.1) is 12.6 Å². The minimum atomic E-state index is -0.408. The monoisotopic (exact) mass is 240 g/mol. The number of amides is 2. The Labute approximate surface area is 99.8 Å². The molecule has 5 heteroatoms. The van der Waals surface area contributed by atoms with Gasteiger partial charge in [-0.05, 0) is 12.5 Å². The molecule has 0 spiro atoms. The van der Waals surface area contributed by atoms with Crippen LogP contribution in [0, 0.1) is 5.82 Å². The number of hydrogen-bond donors (Lipinski definition) is 3. The Bertz CT molecular complexity index is 367. The van der Waals surface area contributed by atoms with Crippen molar-refractivity contribution in [3.8, 4) is 0 Å². The van der Waals surface area contributed by atoms with E-state index < -0.39 is 6.03 Å². The van der Waals surface area contributed by atoms with Crippen molar-refractivity contribution in [3.05, 3.63) is 35.6 Å². The fourth-order valence-electron chi connectivity index (χ4n) is 1.33. The molecule has 1 rings (SSSR count). The van der Waals surface area contributed by atoms with Gasteiger partial charge in [0.2, 0.25) is 0 Å². The van der Waals surface area contributed by atoms with Crippen LogP contribution in [0.3, 0.4) is 0 Å². The lowest BCUT2D eigenvalue weighted by molar-refractivity contribution is 0.214. The number of hydrogen-bond acceptors (Lipinski definition) is 2. The first-order valence-electron chi connectivity index (χ1n) is 5.56. The van der Waals surface area contributed by atoms with Gasteiger partial charge >= 0.3 is 6.03 Å². The molecule has 1 aromatic rings. The molecule has 3 N–H and O–H groups in total. The van der Waals surface area contributed by atoms with E-state index in [9.17, 15) is 9.18 Å². The molecular formula is C12H17FN2O2. The van der Waals surface area contributed by atoms with E-state index in [2.05, 4.69) is 10.6 Å². The maximum absolute atomic E-state index is 13.2. The lowest BCUT2D eigenvalue weighted by atomic mass is 10.2. The first-order chi connectivity index (χ1) is 8.17. The van der Waals surface area contributed by atoms with Crippen LogP contribution in [0.5, 0.6) is 0 Å². The Morgan fingerprint density at radius 1 is 1.47 bits per heavy atom. The van der Waals surface area contributed by atoms with Crippen molar-refractivity contribution in [1.29, 1.82) is 0 Å². The van der Waals surface area contributed by atoms with Crippen LogP contribution < -0.4 is 10.6 Å². The zero-order chi connectivity index (χ0) is 12.7.